The fraction of sp³-hybridized carbons (Fsp3) is 0.478. The number of aliphatic hydroxyl groups excluding tert-OH is 1. The van der Waals surface area contributed by atoms with Crippen molar-refractivity contribution in [2.75, 3.05) is 13.2 Å². The van der Waals surface area contributed by atoms with Gasteiger partial charge in [0.2, 0.25) is 0 Å². The third kappa shape index (κ3) is 4.35. The summed E-state index contributed by atoms with van der Waals surface area (Å²) in [7, 11) is -2.57. The maximum absolute atomic E-state index is 10.5. The Balaban J connectivity index is 2.01. The highest BCUT2D eigenvalue weighted by molar-refractivity contribution is 6.99. The number of benzene rings is 2. The van der Waals surface area contributed by atoms with Crippen LogP contribution in [0.15, 0.2) is 60.7 Å². The normalized spacial score (nSPS) is 21.6. The minimum absolute atomic E-state index is 0.0641. The monoisotopic (exact) mass is 384 g/mol. The molecule has 3 nitrogen and oxygen atoms in total. The number of ether oxygens (including phenoxy) is 1. The fourth-order valence-electron chi connectivity index (χ4n) is 4.12. The third-order valence-corrected chi connectivity index (χ3v) is 10.5. The van der Waals surface area contributed by atoms with Gasteiger partial charge in [0.25, 0.3) is 8.32 Å². The van der Waals surface area contributed by atoms with Gasteiger partial charge in [-0.2, -0.15) is 0 Å². The number of aliphatic hydroxyl groups is 1. The summed E-state index contributed by atoms with van der Waals surface area (Å²) in [5.41, 5.74) is 0. The summed E-state index contributed by atoms with van der Waals surface area (Å²) in [5, 5.41) is 12.9. The summed E-state index contributed by atoms with van der Waals surface area (Å²) < 4.78 is 12.8. The average molecular weight is 385 g/mol. The number of rotatable bonds is 5. The zero-order chi connectivity index (χ0) is 19.3. The maximum Gasteiger partial charge on any atom is 0.261 e. The Morgan fingerprint density at radius 1 is 0.963 bits per heavy atom. The summed E-state index contributed by atoms with van der Waals surface area (Å²) in [4.78, 5) is 0. The Bertz CT molecular complexity index is 657. The van der Waals surface area contributed by atoms with Gasteiger partial charge in [-0.1, -0.05) is 81.4 Å². The van der Waals surface area contributed by atoms with E-state index in [9.17, 15) is 5.11 Å². The van der Waals surface area contributed by atoms with Crippen LogP contribution < -0.4 is 10.4 Å². The van der Waals surface area contributed by atoms with E-state index in [0.717, 1.165) is 19.3 Å². The van der Waals surface area contributed by atoms with Gasteiger partial charge in [-0.15, -0.1) is 0 Å². The van der Waals surface area contributed by atoms with Crippen LogP contribution in [0.3, 0.4) is 0 Å². The average Bonchev–Trinajstić information content (AvgIpc) is 2.87. The van der Waals surface area contributed by atoms with Crippen molar-refractivity contribution < 1.29 is 14.3 Å². The van der Waals surface area contributed by atoms with Crippen LogP contribution in [0.1, 0.15) is 40.0 Å². The molecule has 0 aromatic heterocycles. The fourth-order valence-corrected chi connectivity index (χ4v) is 8.68. The lowest BCUT2D eigenvalue weighted by Gasteiger charge is -2.43. The Hall–Kier alpha value is -1.46. The molecule has 0 bridgehead atoms. The lowest BCUT2D eigenvalue weighted by atomic mass is 10.1. The van der Waals surface area contributed by atoms with Gasteiger partial charge >= 0.3 is 0 Å². The molecule has 146 valence electrons. The highest BCUT2D eigenvalue weighted by atomic mass is 28.4. The molecule has 0 spiro atoms. The quantitative estimate of drug-likeness (QED) is 0.802. The van der Waals surface area contributed by atoms with E-state index in [2.05, 4.69) is 81.4 Å². The van der Waals surface area contributed by atoms with Crippen LogP contribution in [-0.2, 0) is 9.16 Å². The second kappa shape index (κ2) is 8.70. The Kier molecular flexibility index (Phi) is 6.53. The smallest absolute Gasteiger partial charge is 0.261 e. The molecule has 0 saturated carbocycles. The summed E-state index contributed by atoms with van der Waals surface area (Å²) in [6, 6.07) is 21.2. The number of hydrogen-bond donors (Lipinski definition) is 1. The molecule has 1 N–H and O–H groups in total. The first-order valence-corrected chi connectivity index (χ1v) is 11.9. The first kappa shape index (κ1) is 20.3. The van der Waals surface area contributed by atoms with Gasteiger partial charge in [0.05, 0.1) is 12.7 Å². The van der Waals surface area contributed by atoms with Crippen molar-refractivity contribution in [1.29, 1.82) is 0 Å². The Morgan fingerprint density at radius 2 is 1.52 bits per heavy atom. The summed E-state index contributed by atoms with van der Waals surface area (Å²) in [6.07, 6.45) is 2.10. The van der Waals surface area contributed by atoms with Crippen molar-refractivity contribution in [3.8, 4) is 0 Å². The van der Waals surface area contributed by atoms with Crippen molar-refractivity contribution in [2.24, 2.45) is 0 Å². The maximum atomic E-state index is 10.5. The minimum Gasteiger partial charge on any atom is -0.405 e. The topological polar surface area (TPSA) is 38.7 Å². The molecule has 0 unspecified atom stereocenters. The zero-order valence-corrected chi connectivity index (χ0v) is 17.7. The summed E-state index contributed by atoms with van der Waals surface area (Å²) >= 11 is 0. The van der Waals surface area contributed by atoms with Gasteiger partial charge in [-0.3, -0.25) is 0 Å². The largest absolute Gasteiger partial charge is 0.405 e. The zero-order valence-electron chi connectivity index (χ0n) is 16.7. The van der Waals surface area contributed by atoms with Crippen molar-refractivity contribution in [2.45, 2.75) is 57.3 Å². The highest BCUT2D eigenvalue weighted by Gasteiger charge is 2.50. The molecule has 1 saturated heterocycles. The molecule has 27 heavy (non-hydrogen) atoms. The highest BCUT2D eigenvalue weighted by Crippen LogP contribution is 2.37. The molecular weight excluding hydrogens is 352 g/mol. The Morgan fingerprint density at radius 3 is 2.04 bits per heavy atom. The lowest BCUT2D eigenvalue weighted by molar-refractivity contribution is -0.0490. The van der Waals surface area contributed by atoms with Crippen LogP contribution in [0.5, 0.6) is 0 Å². The van der Waals surface area contributed by atoms with E-state index in [1.54, 1.807) is 0 Å². The summed E-state index contributed by atoms with van der Waals surface area (Å²) in [5.74, 6) is 0. The van der Waals surface area contributed by atoms with E-state index in [1.807, 2.05) is 0 Å². The van der Waals surface area contributed by atoms with Gasteiger partial charge in [0.1, 0.15) is 6.10 Å². The minimum atomic E-state index is -2.57. The van der Waals surface area contributed by atoms with Gasteiger partial charge in [0, 0.05) is 6.61 Å². The van der Waals surface area contributed by atoms with E-state index in [4.69, 9.17) is 9.16 Å². The van der Waals surface area contributed by atoms with E-state index in [-0.39, 0.29) is 11.1 Å². The van der Waals surface area contributed by atoms with Crippen molar-refractivity contribution in [1.82, 2.24) is 0 Å². The molecule has 2 aromatic carbocycles. The lowest BCUT2D eigenvalue weighted by Crippen LogP contribution is -2.67. The number of hydrogen-bond acceptors (Lipinski definition) is 3. The van der Waals surface area contributed by atoms with Crippen LogP contribution in [0, 0.1) is 0 Å². The second-order valence-electron chi connectivity index (χ2n) is 8.45. The van der Waals surface area contributed by atoms with Crippen LogP contribution in [0.4, 0.5) is 0 Å². The predicted molar refractivity (Wildman–Crippen MR) is 113 cm³/mol. The van der Waals surface area contributed by atoms with Gasteiger partial charge in [0.15, 0.2) is 0 Å². The molecule has 0 amide bonds. The van der Waals surface area contributed by atoms with Crippen LogP contribution in [-0.4, -0.2) is 38.8 Å². The molecule has 1 fully saturated rings. The van der Waals surface area contributed by atoms with E-state index < -0.39 is 14.4 Å². The molecule has 1 aliphatic heterocycles. The standard InChI is InChI=1S/C23H32O3Si/c1-23(2,3)27(19-12-6-4-7-13-19,20-14-8-5-9-15-20)26-18-22-21(24)16-10-11-17-25-22/h4-9,12-15,21-22,24H,10-11,16-18H2,1-3H3/t21-,22+/m1/s1. The third-order valence-electron chi connectivity index (χ3n) is 5.54. The molecule has 2 atom stereocenters. The SMILES string of the molecule is CC(C)(C)[Si](OC[C@@H]1OCCCC[C@H]1O)(c1ccccc1)c1ccccc1. The van der Waals surface area contributed by atoms with Crippen molar-refractivity contribution in [3.05, 3.63) is 60.7 Å². The molecule has 1 aliphatic rings. The Labute approximate surface area is 164 Å². The van der Waals surface area contributed by atoms with Gasteiger partial charge < -0.3 is 14.3 Å². The summed E-state index contributed by atoms with van der Waals surface area (Å²) in [6.45, 7) is 7.93. The van der Waals surface area contributed by atoms with Crippen LogP contribution in [0.2, 0.25) is 5.04 Å². The molecule has 0 aliphatic carbocycles. The first-order valence-electron chi connectivity index (χ1n) is 10.00. The molecular formula is C23H32O3Si. The van der Waals surface area contributed by atoms with Crippen molar-refractivity contribution in [3.63, 3.8) is 0 Å². The first-order chi connectivity index (χ1) is 12.9. The molecule has 3 rings (SSSR count). The molecule has 0 radical (unpaired) electrons. The predicted octanol–water partition coefficient (Wildman–Crippen LogP) is 3.49. The van der Waals surface area contributed by atoms with Gasteiger partial charge in [-0.25, -0.2) is 0 Å². The van der Waals surface area contributed by atoms with Crippen molar-refractivity contribution >= 4 is 18.7 Å². The molecule has 2 aromatic rings. The van der Waals surface area contributed by atoms with E-state index in [0.29, 0.717) is 13.2 Å². The van der Waals surface area contributed by atoms with E-state index in [1.165, 1.54) is 10.4 Å². The second-order valence-corrected chi connectivity index (χ2v) is 12.8. The van der Waals surface area contributed by atoms with E-state index >= 15 is 0 Å². The van der Waals surface area contributed by atoms with Gasteiger partial charge in [-0.05, 0) is 34.7 Å². The molecule has 1 heterocycles. The van der Waals surface area contributed by atoms with Crippen LogP contribution >= 0.6 is 0 Å². The molecule has 4 heteroatoms. The van der Waals surface area contributed by atoms with Crippen LogP contribution in [0.25, 0.3) is 0 Å².